The smallest absolute Gasteiger partial charge is 0.339 e. The van der Waals surface area contributed by atoms with Gasteiger partial charge in [-0.15, -0.1) is 11.8 Å². The Morgan fingerprint density at radius 1 is 1.07 bits per heavy atom. The van der Waals surface area contributed by atoms with Crippen molar-refractivity contribution in [1.82, 2.24) is 0 Å². The number of thioether (sulfide) groups is 1. The number of rotatable bonds is 7. The molecule has 1 unspecified atom stereocenters. The Morgan fingerprint density at radius 3 is 2.41 bits per heavy atom. The summed E-state index contributed by atoms with van der Waals surface area (Å²) in [6.45, 7) is 3.29. The molecule has 0 aromatic heterocycles. The van der Waals surface area contributed by atoms with Crippen molar-refractivity contribution in [2.24, 2.45) is 0 Å². The van der Waals surface area contributed by atoms with E-state index < -0.39 is 11.2 Å². The van der Waals surface area contributed by atoms with Crippen LogP contribution in [0.1, 0.15) is 30.6 Å². The molecule has 2 aromatic rings. The van der Waals surface area contributed by atoms with E-state index in [9.17, 15) is 19.5 Å². The van der Waals surface area contributed by atoms with Crippen LogP contribution in [-0.4, -0.2) is 33.2 Å². The van der Waals surface area contributed by atoms with Crippen LogP contribution in [0.5, 0.6) is 5.75 Å². The van der Waals surface area contributed by atoms with Crippen LogP contribution < -0.4 is 10.6 Å². The molecule has 8 heteroatoms. The maximum absolute atomic E-state index is 12.6. The van der Waals surface area contributed by atoms with Crippen molar-refractivity contribution in [1.29, 1.82) is 0 Å². The average Bonchev–Trinajstić information content (AvgIpc) is 2.60. The molecule has 0 saturated carbocycles. The van der Waals surface area contributed by atoms with E-state index >= 15 is 0 Å². The second kappa shape index (κ2) is 9.09. The first-order valence-corrected chi connectivity index (χ1v) is 9.09. The van der Waals surface area contributed by atoms with Gasteiger partial charge in [0.2, 0.25) is 11.8 Å². The molecule has 0 aliphatic heterocycles. The number of carboxylic acid groups (broad SMARTS) is 1. The van der Waals surface area contributed by atoms with Gasteiger partial charge in [-0.1, -0.05) is 13.0 Å². The molecule has 0 fully saturated rings. The van der Waals surface area contributed by atoms with Crippen molar-refractivity contribution < 1.29 is 24.6 Å². The SMILES string of the molecule is CCC(Sc1cccc(NC(C)=O)c1)C(=O)Nc1ccc(O)c(C(=O)O)c1. The molecule has 2 aromatic carbocycles. The second-order valence-electron chi connectivity index (χ2n) is 5.75. The number of hydrogen-bond acceptors (Lipinski definition) is 5. The van der Waals surface area contributed by atoms with E-state index in [1.54, 1.807) is 18.2 Å². The summed E-state index contributed by atoms with van der Waals surface area (Å²) in [5.41, 5.74) is 0.658. The number of benzene rings is 2. The summed E-state index contributed by atoms with van der Waals surface area (Å²) in [7, 11) is 0. The first kappa shape index (κ1) is 20.3. The molecule has 2 amide bonds. The summed E-state index contributed by atoms with van der Waals surface area (Å²) in [5, 5.41) is 23.6. The van der Waals surface area contributed by atoms with Gasteiger partial charge >= 0.3 is 5.97 Å². The number of carbonyl (C=O) groups excluding carboxylic acids is 2. The van der Waals surface area contributed by atoms with Gasteiger partial charge in [-0.05, 0) is 42.8 Å². The Labute approximate surface area is 160 Å². The van der Waals surface area contributed by atoms with Gasteiger partial charge in [0.15, 0.2) is 0 Å². The van der Waals surface area contributed by atoms with E-state index in [4.69, 9.17) is 5.11 Å². The number of aromatic carboxylic acids is 1. The highest BCUT2D eigenvalue weighted by atomic mass is 32.2. The number of carboxylic acids is 1. The summed E-state index contributed by atoms with van der Waals surface area (Å²) in [6, 6.07) is 11.1. The molecule has 0 bridgehead atoms. The zero-order chi connectivity index (χ0) is 20.0. The summed E-state index contributed by atoms with van der Waals surface area (Å²) in [4.78, 5) is 35.6. The van der Waals surface area contributed by atoms with Crippen molar-refractivity contribution in [3.63, 3.8) is 0 Å². The number of phenols is 1. The third-order valence-corrected chi connectivity index (χ3v) is 4.95. The van der Waals surface area contributed by atoms with Gasteiger partial charge in [0.1, 0.15) is 11.3 Å². The molecule has 0 heterocycles. The molecule has 2 rings (SSSR count). The number of nitrogens with one attached hydrogen (secondary N) is 2. The highest BCUT2D eigenvalue weighted by Gasteiger charge is 2.19. The van der Waals surface area contributed by atoms with Crippen LogP contribution in [0.2, 0.25) is 0 Å². The lowest BCUT2D eigenvalue weighted by atomic mass is 10.1. The lowest BCUT2D eigenvalue weighted by Crippen LogP contribution is -2.24. The van der Waals surface area contributed by atoms with Crippen molar-refractivity contribution in [3.8, 4) is 5.75 Å². The Hall–Kier alpha value is -3.00. The van der Waals surface area contributed by atoms with Crippen molar-refractivity contribution in [2.45, 2.75) is 30.4 Å². The molecule has 7 nitrogen and oxygen atoms in total. The highest BCUT2D eigenvalue weighted by molar-refractivity contribution is 8.00. The van der Waals surface area contributed by atoms with E-state index in [2.05, 4.69) is 10.6 Å². The summed E-state index contributed by atoms with van der Waals surface area (Å²) in [5.74, 6) is -2.10. The van der Waals surface area contributed by atoms with Crippen LogP contribution in [-0.2, 0) is 9.59 Å². The van der Waals surface area contributed by atoms with Crippen LogP contribution in [0.3, 0.4) is 0 Å². The van der Waals surface area contributed by atoms with Gasteiger partial charge in [-0.25, -0.2) is 4.79 Å². The molecule has 27 heavy (non-hydrogen) atoms. The predicted molar refractivity (Wildman–Crippen MR) is 104 cm³/mol. The maximum Gasteiger partial charge on any atom is 0.339 e. The fraction of sp³-hybridized carbons (Fsp3) is 0.211. The van der Waals surface area contributed by atoms with Gasteiger partial charge < -0.3 is 20.8 Å². The Balaban J connectivity index is 2.11. The van der Waals surface area contributed by atoms with E-state index in [0.29, 0.717) is 17.8 Å². The number of hydrogen-bond donors (Lipinski definition) is 4. The second-order valence-corrected chi connectivity index (χ2v) is 7.03. The molecule has 142 valence electrons. The first-order chi connectivity index (χ1) is 12.8. The summed E-state index contributed by atoms with van der Waals surface area (Å²) < 4.78 is 0. The summed E-state index contributed by atoms with van der Waals surface area (Å²) in [6.07, 6.45) is 0.546. The number of anilines is 2. The zero-order valence-corrected chi connectivity index (χ0v) is 15.7. The highest BCUT2D eigenvalue weighted by Crippen LogP contribution is 2.29. The lowest BCUT2D eigenvalue weighted by Gasteiger charge is -2.16. The fourth-order valence-corrected chi connectivity index (χ4v) is 3.36. The Bertz CT molecular complexity index is 869. The number of carbonyl (C=O) groups is 3. The molecule has 0 saturated heterocycles. The minimum atomic E-state index is -1.28. The Kier molecular flexibility index (Phi) is 6.84. The average molecular weight is 388 g/mol. The molecule has 0 radical (unpaired) electrons. The van der Waals surface area contributed by atoms with Crippen LogP contribution in [0.4, 0.5) is 11.4 Å². The molecule has 1 atom stereocenters. The van der Waals surface area contributed by atoms with E-state index in [0.717, 1.165) is 4.90 Å². The van der Waals surface area contributed by atoms with Crippen LogP contribution in [0, 0.1) is 0 Å². The monoisotopic (exact) mass is 388 g/mol. The normalized spacial score (nSPS) is 11.5. The van der Waals surface area contributed by atoms with Gasteiger partial charge in [0.25, 0.3) is 0 Å². The third kappa shape index (κ3) is 5.75. The van der Waals surface area contributed by atoms with Crippen LogP contribution in [0.25, 0.3) is 0 Å². The van der Waals surface area contributed by atoms with E-state index in [1.165, 1.54) is 36.9 Å². The quantitative estimate of drug-likeness (QED) is 0.426. The number of aromatic hydroxyl groups is 1. The lowest BCUT2D eigenvalue weighted by molar-refractivity contribution is -0.116. The topological polar surface area (TPSA) is 116 Å². The Morgan fingerprint density at radius 2 is 1.78 bits per heavy atom. The zero-order valence-electron chi connectivity index (χ0n) is 14.9. The standard InChI is InChI=1S/C19H20N2O5S/c1-3-17(27-14-6-4-5-12(9-14)20-11(2)22)18(24)21-13-7-8-16(23)15(10-13)19(25)26/h4-10,17,23H,3H2,1-2H3,(H,20,22)(H,21,24)(H,25,26). The molecule has 4 N–H and O–H groups in total. The number of amides is 2. The van der Waals surface area contributed by atoms with Crippen molar-refractivity contribution in [3.05, 3.63) is 48.0 Å². The van der Waals surface area contributed by atoms with Gasteiger partial charge in [0.05, 0.1) is 5.25 Å². The predicted octanol–water partition coefficient (Wildman–Crippen LogP) is 3.56. The molecule has 0 aliphatic carbocycles. The van der Waals surface area contributed by atoms with Crippen molar-refractivity contribution >= 4 is 40.9 Å². The first-order valence-electron chi connectivity index (χ1n) is 8.21. The third-order valence-electron chi connectivity index (χ3n) is 3.59. The minimum Gasteiger partial charge on any atom is -0.507 e. The molecule has 0 aliphatic rings. The maximum atomic E-state index is 12.6. The van der Waals surface area contributed by atoms with Crippen LogP contribution >= 0.6 is 11.8 Å². The van der Waals surface area contributed by atoms with Crippen molar-refractivity contribution in [2.75, 3.05) is 10.6 Å². The van der Waals surface area contributed by atoms with Gasteiger partial charge in [-0.2, -0.15) is 0 Å². The van der Waals surface area contributed by atoms with E-state index in [1.807, 2.05) is 13.0 Å². The van der Waals surface area contributed by atoms with Crippen LogP contribution in [0.15, 0.2) is 47.4 Å². The minimum absolute atomic E-state index is 0.177. The molecule has 0 spiro atoms. The molecular formula is C19H20N2O5S. The van der Waals surface area contributed by atoms with E-state index in [-0.39, 0.29) is 23.1 Å². The largest absolute Gasteiger partial charge is 0.507 e. The van der Waals surface area contributed by atoms with Gasteiger partial charge in [-0.3, -0.25) is 9.59 Å². The molecular weight excluding hydrogens is 368 g/mol. The van der Waals surface area contributed by atoms with Gasteiger partial charge in [0, 0.05) is 23.2 Å². The summed E-state index contributed by atoms with van der Waals surface area (Å²) >= 11 is 1.34. The fourth-order valence-electron chi connectivity index (χ4n) is 2.34.